The molecule has 0 fully saturated rings. The number of carbonyl (C=O) groups excluding carboxylic acids is 1. The number of imidazole rings is 1. The Morgan fingerprint density at radius 1 is 1.53 bits per heavy atom. The fraction of sp³-hybridized carbons (Fsp3) is 0.385. The summed E-state index contributed by atoms with van der Waals surface area (Å²) in [4.78, 5) is 15.4. The van der Waals surface area contributed by atoms with E-state index in [1.807, 2.05) is 29.7 Å². The van der Waals surface area contributed by atoms with Gasteiger partial charge in [0.1, 0.15) is 17.1 Å². The number of alkyl halides is 1. The molecule has 0 unspecified atom stereocenters. The van der Waals surface area contributed by atoms with Gasteiger partial charge >= 0.3 is 0 Å². The Kier molecular flexibility index (Phi) is 4.27. The summed E-state index contributed by atoms with van der Waals surface area (Å²) in [6, 6.07) is 5.70. The third-order valence-corrected chi connectivity index (χ3v) is 3.06. The summed E-state index contributed by atoms with van der Waals surface area (Å²) in [6.45, 7) is 2.97. The summed E-state index contributed by atoms with van der Waals surface area (Å²) in [5.74, 6) is 1.37. The van der Waals surface area contributed by atoms with Gasteiger partial charge in [0.25, 0.3) is 0 Å². The number of aryl methyl sites for hydroxylation is 1. The van der Waals surface area contributed by atoms with E-state index in [1.165, 1.54) is 0 Å². The van der Waals surface area contributed by atoms with E-state index < -0.39 is 0 Å². The van der Waals surface area contributed by atoms with Crippen molar-refractivity contribution in [3.8, 4) is 5.75 Å². The van der Waals surface area contributed by atoms with Crippen molar-refractivity contribution in [3.63, 3.8) is 0 Å². The number of benzene rings is 1. The van der Waals surface area contributed by atoms with Crippen molar-refractivity contribution in [2.75, 3.05) is 6.61 Å². The molecule has 1 amide bonds. The Labute approximate surface area is 116 Å². The highest BCUT2D eigenvalue weighted by Crippen LogP contribution is 2.27. The number of halogens is 1. The average Bonchev–Trinajstić information content (AvgIpc) is 2.75. The Morgan fingerprint density at radius 2 is 2.32 bits per heavy atom. The van der Waals surface area contributed by atoms with E-state index in [0.29, 0.717) is 19.0 Å². The number of hydrogen-bond acceptors (Lipinski definition) is 3. The molecule has 0 spiro atoms. The highest BCUT2D eigenvalue weighted by Gasteiger charge is 2.13. The summed E-state index contributed by atoms with van der Waals surface area (Å²) >= 11 is 5.91. The second-order valence-electron chi connectivity index (χ2n) is 4.09. The van der Waals surface area contributed by atoms with Gasteiger partial charge < -0.3 is 15.0 Å². The first-order chi connectivity index (χ1) is 9.17. The summed E-state index contributed by atoms with van der Waals surface area (Å²) in [7, 11) is 0. The summed E-state index contributed by atoms with van der Waals surface area (Å²) in [5, 5.41) is 0. The number of fused-ring (bicyclic) bond motifs is 1. The summed E-state index contributed by atoms with van der Waals surface area (Å²) < 4.78 is 7.46. The minimum Gasteiger partial charge on any atom is -0.492 e. The van der Waals surface area contributed by atoms with Crippen LogP contribution in [0.1, 0.15) is 19.2 Å². The van der Waals surface area contributed by atoms with Crippen molar-refractivity contribution in [1.29, 1.82) is 0 Å². The van der Waals surface area contributed by atoms with Gasteiger partial charge in [0.15, 0.2) is 0 Å². The second-order valence-corrected chi connectivity index (χ2v) is 4.35. The number of hydrogen-bond donors (Lipinski definition) is 1. The van der Waals surface area contributed by atoms with Crippen LogP contribution < -0.4 is 10.5 Å². The van der Waals surface area contributed by atoms with Gasteiger partial charge in [-0.3, -0.25) is 4.79 Å². The van der Waals surface area contributed by atoms with Crippen LogP contribution in [0.5, 0.6) is 5.75 Å². The van der Waals surface area contributed by atoms with Gasteiger partial charge in [0, 0.05) is 13.0 Å². The first-order valence-corrected chi connectivity index (χ1v) is 6.66. The van der Waals surface area contributed by atoms with Crippen LogP contribution in [0.25, 0.3) is 11.0 Å². The van der Waals surface area contributed by atoms with Crippen molar-refractivity contribution >= 4 is 28.5 Å². The van der Waals surface area contributed by atoms with Crippen molar-refractivity contribution in [3.05, 3.63) is 24.0 Å². The van der Waals surface area contributed by atoms with Gasteiger partial charge in [0.05, 0.1) is 18.0 Å². The molecule has 6 heteroatoms. The number of amides is 1. The summed E-state index contributed by atoms with van der Waals surface area (Å²) in [6.07, 6.45) is 0.258. The minimum atomic E-state index is -0.344. The van der Waals surface area contributed by atoms with Gasteiger partial charge in [-0.1, -0.05) is 6.07 Å². The lowest BCUT2D eigenvalue weighted by Crippen LogP contribution is -2.14. The highest BCUT2D eigenvalue weighted by molar-refractivity contribution is 6.16. The highest BCUT2D eigenvalue weighted by atomic mass is 35.5. The molecule has 0 radical (unpaired) electrons. The molecule has 1 aromatic heterocycles. The van der Waals surface area contributed by atoms with Crippen LogP contribution in [-0.2, 0) is 17.2 Å². The number of nitrogens with two attached hydrogens (primary N) is 1. The van der Waals surface area contributed by atoms with Crippen LogP contribution in [0, 0.1) is 0 Å². The molecule has 1 aromatic carbocycles. The van der Waals surface area contributed by atoms with Crippen LogP contribution >= 0.6 is 11.6 Å². The molecule has 102 valence electrons. The van der Waals surface area contributed by atoms with Crippen molar-refractivity contribution in [1.82, 2.24) is 9.55 Å². The van der Waals surface area contributed by atoms with Gasteiger partial charge in [0.2, 0.25) is 5.91 Å². The minimum absolute atomic E-state index is 0.258. The van der Waals surface area contributed by atoms with Gasteiger partial charge in [-0.15, -0.1) is 11.6 Å². The predicted octanol–water partition coefficient (Wildman–Crippen LogP) is 2.05. The molecule has 0 saturated heterocycles. The number of para-hydroxylation sites is 1. The predicted molar refractivity (Wildman–Crippen MR) is 74.3 cm³/mol. The molecule has 2 aromatic rings. The van der Waals surface area contributed by atoms with E-state index in [-0.39, 0.29) is 18.2 Å². The Hall–Kier alpha value is -1.75. The molecule has 5 nitrogen and oxygen atoms in total. The number of ether oxygens (including phenoxy) is 1. The zero-order valence-corrected chi connectivity index (χ0v) is 11.5. The monoisotopic (exact) mass is 281 g/mol. The lowest BCUT2D eigenvalue weighted by atomic mass is 10.3. The molecule has 2 rings (SSSR count). The zero-order valence-electron chi connectivity index (χ0n) is 10.7. The van der Waals surface area contributed by atoms with E-state index in [1.54, 1.807) is 0 Å². The maximum Gasteiger partial charge on any atom is 0.219 e. The third kappa shape index (κ3) is 2.81. The average molecular weight is 282 g/mol. The molecular weight excluding hydrogens is 266 g/mol. The Bertz CT molecular complexity index is 595. The van der Waals surface area contributed by atoms with E-state index >= 15 is 0 Å². The third-order valence-electron chi connectivity index (χ3n) is 2.82. The smallest absolute Gasteiger partial charge is 0.219 e. The first kappa shape index (κ1) is 13.7. The number of aromatic nitrogens is 2. The van der Waals surface area contributed by atoms with E-state index in [2.05, 4.69) is 4.98 Å². The fourth-order valence-electron chi connectivity index (χ4n) is 2.01. The van der Waals surface area contributed by atoms with Gasteiger partial charge in [-0.25, -0.2) is 4.98 Å². The van der Waals surface area contributed by atoms with Gasteiger partial charge in [-0.05, 0) is 19.1 Å². The van der Waals surface area contributed by atoms with E-state index in [4.69, 9.17) is 22.1 Å². The van der Waals surface area contributed by atoms with Crippen molar-refractivity contribution in [2.24, 2.45) is 5.73 Å². The fourth-order valence-corrected chi connectivity index (χ4v) is 2.22. The molecule has 1 heterocycles. The number of primary amides is 1. The van der Waals surface area contributed by atoms with Crippen LogP contribution in [0.2, 0.25) is 0 Å². The van der Waals surface area contributed by atoms with Crippen LogP contribution in [0.3, 0.4) is 0 Å². The molecule has 0 aliphatic rings. The maximum atomic E-state index is 10.9. The second kappa shape index (κ2) is 5.93. The number of nitrogens with zero attached hydrogens (tertiary/aromatic N) is 2. The lowest BCUT2D eigenvalue weighted by Gasteiger charge is -2.06. The van der Waals surface area contributed by atoms with Crippen LogP contribution in [0.15, 0.2) is 18.2 Å². The van der Waals surface area contributed by atoms with Crippen LogP contribution in [0.4, 0.5) is 0 Å². The molecule has 0 atom stereocenters. The molecule has 0 saturated carbocycles. The molecule has 2 N–H and O–H groups in total. The first-order valence-electron chi connectivity index (χ1n) is 6.12. The number of carbonyl (C=O) groups is 1. The quantitative estimate of drug-likeness (QED) is 0.824. The van der Waals surface area contributed by atoms with E-state index in [0.717, 1.165) is 16.8 Å². The maximum absolute atomic E-state index is 10.9. The van der Waals surface area contributed by atoms with Crippen molar-refractivity contribution < 1.29 is 9.53 Å². The molecule has 0 aliphatic heterocycles. The largest absolute Gasteiger partial charge is 0.492 e. The Balaban J connectivity index is 2.48. The van der Waals surface area contributed by atoms with Crippen LogP contribution in [-0.4, -0.2) is 22.1 Å². The Morgan fingerprint density at radius 3 is 2.95 bits per heavy atom. The normalized spacial score (nSPS) is 10.8. The molecule has 19 heavy (non-hydrogen) atoms. The lowest BCUT2D eigenvalue weighted by molar-refractivity contribution is -0.118. The zero-order chi connectivity index (χ0) is 13.8. The van der Waals surface area contributed by atoms with E-state index in [9.17, 15) is 4.79 Å². The molecule has 0 aliphatic carbocycles. The van der Waals surface area contributed by atoms with Gasteiger partial charge in [-0.2, -0.15) is 0 Å². The van der Waals surface area contributed by atoms with Crippen molar-refractivity contribution in [2.45, 2.75) is 25.8 Å². The summed E-state index contributed by atoms with van der Waals surface area (Å²) in [5.41, 5.74) is 6.87. The molecular formula is C13H16ClN3O2. The molecule has 0 bridgehead atoms. The standard InChI is InChI=1S/C13H16ClN3O2/c1-2-19-10-5-3-4-9-13(10)16-12(8-14)17(9)7-6-11(15)18/h3-5H,2,6-8H2,1H3,(H2,15,18). The topological polar surface area (TPSA) is 70.1 Å². The number of rotatable bonds is 6. The SMILES string of the molecule is CCOc1cccc2c1nc(CCl)n2CCC(N)=O.